The summed E-state index contributed by atoms with van der Waals surface area (Å²) in [7, 11) is 2.98. The van der Waals surface area contributed by atoms with Crippen molar-refractivity contribution in [2.45, 2.75) is 0 Å². The van der Waals surface area contributed by atoms with E-state index in [2.05, 4.69) is 9.98 Å². The molecule has 1 aromatic heterocycles. The summed E-state index contributed by atoms with van der Waals surface area (Å²) >= 11 is 5.97. The second kappa shape index (κ2) is 8.01. The van der Waals surface area contributed by atoms with E-state index in [4.69, 9.17) is 21.1 Å². The Hall–Kier alpha value is -3.52. The number of aromatic amines is 1. The lowest BCUT2D eigenvalue weighted by Crippen LogP contribution is -2.31. The molecule has 0 aliphatic heterocycles. The Labute approximate surface area is 164 Å². The number of hydrogen-bond donors (Lipinski definition) is 2. The summed E-state index contributed by atoms with van der Waals surface area (Å²) in [4.78, 5) is 30.7. The smallest absolute Gasteiger partial charge is 0.335 e. The van der Waals surface area contributed by atoms with Crippen LogP contribution in [0.2, 0.25) is 5.02 Å². The van der Waals surface area contributed by atoms with Crippen LogP contribution in [0.15, 0.2) is 57.0 Å². The molecule has 0 atom stereocenters. The number of aliphatic imine (C=N–C) groups is 1. The molecule has 2 N–H and O–H groups in total. The summed E-state index contributed by atoms with van der Waals surface area (Å²) in [5, 5.41) is 10.9. The van der Waals surface area contributed by atoms with Gasteiger partial charge in [0.15, 0.2) is 0 Å². The average Bonchev–Trinajstić information content (AvgIpc) is 2.69. The number of aromatic nitrogens is 2. The molecule has 2 aromatic carbocycles. The lowest BCUT2D eigenvalue weighted by atomic mass is 10.2. The predicted octanol–water partition coefficient (Wildman–Crippen LogP) is 2.65. The van der Waals surface area contributed by atoms with Crippen LogP contribution in [0.5, 0.6) is 17.4 Å². The van der Waals surface area contributed by atoms with E-state index in [0.717, 1.165) is 10.8 Å². The molecule has 3 aromatic rings. The van der Waals surface area contributed by atoms with Gasteiger partial charge in [0.05, 0.1) is 30.6 Å². The van der Waals surface area contributed by atoms with Gasteiger partial charge in [-0.2, -0.15) is 0 Å². The van der Waals surface area contributed by atoms with Gasteiger partial charge in [-0.1, -0.05) is 11.6 Å². The van der Waals surface area contributed by atoms with Crippen LogP contribution < -0.4 is 20.7 Å². The highest BCUT2D eigenvalue weighted by molar-refractivity contribution is 6.32. The Morgan fingerprint density at radius 1 is 1.11 bits per heavy atom. The van der Waals surface area contributed by atoms with Crippen molar-refractivity contribution in [3.8, 4) is 23.1 Å². The zero-order valence-corrected chi connectivity index (χ0v) is 15.7. The average molecular weight is 402 g/mol. The van der Waals surface area contributed by atoms with E-state index in [1.807, 2.05) is 0 Å². The van der Waals surface area contributed by atoms with Crippen LogP contribution in [0.3, 0.4) is 0 Å². The zero-order valence-electron chi connectivity index (χ0n) is 15.0. The standard InChI is InChI=1S/C19H16ClN3O5/c1-27-13-6-4-12(5-7-13)23-18(25)14(17(24)22-19(23)26)10-21-11-3-8-15(20)16(9-11)28-2/h3-10,25H,1-2H3,(H,22,24,26). The van der Waals surface area contributed by atoms with Crippen LogP contribution in [-0.4, -0.2) is 35.1 Å². The first kappa shape index (κ1) is 19.2. The largest absolute Gasteiger partial charge is 0.497 e. The van der Waals surface area contributed by atoms with Crippen molar-refractivity contribution < 1.29 is 14.6 Å². The molecule has 0 radical (unpaired) electrons. The van der Waals surface area contributed by atoms with Gasteiger partial charge in [0.1, 0.15) is 17.1 Å². The molecule has 0 aliphatic carbocycles. The predicted molar refractivity (Wildman–Crippen MR) is 106 cm³/mol. The first-order valence-electron chi connectivity index (χ1n) is 8.05. The number of ether oxygens (including phenoxy) is 2. The van der Waals surface area contributed by atoms with Crippen LogP contribution in [-0.2, 0) is 0 Å². The van der Waals surface area contributed by atoms with Gasteiger partial charge in [0.25, 0.3) is 5.56 Å². The first-order valence-corrected chi connectivity index (χ1v) is 8.42. The molecule has 1 heterocycles. The molecule has 0 aliphatic rings. The highest BCUT2D eigenvalue weighted by atomic mass is 35.5. The molecule has 0 spiro atoms. The summed E-state index contributed by atoms with van der Waals surface area (Å²) in [6.07, 6.45) is 1.16. The van der Waals surface area contributed by atoms with Gasteiger partial charge < -0.3 is 14.6 Å². The molecule has 9 heteroatoms. The van der Waals surface area contributed by atoms with Crippen molar-refractivity contribution in [3.05, 3.63) is 73.9 Å². The summed E-state index contributed by atoms with van der Waals surface area (Å²) in [5.41, 5.74) is -0.927. The molecule has 0 saturated heterocycles. The number of nitrogens with zero attached hydrogens (tertiary/aromatic N) is 2. The number of halogens is 1. The van der Waals surface area contributed by atoms with Crippen molar-refractivity contribution in [2.24, 2.45) is 4.99 Å². The number of hydrogen-bond acceptors (Lipinski definition) is 6. The number of rotatable bonds is 5. The normalized spacial score (nSPS) is 11.0. The van der Waals surface area contributed by atoms with Gasteiger partial charge in [-0.25, -0.2) is 9.36 Å². The topological polar surface area (TPSA) is 106 Å². The van der Waals surface area contributed by atoms with Crippen LogP contribution >= 0.6 is 11.6 Å². The fourth-order valence-corrected chi connectivity index (χ4v) is 2.69. The number of nitrogens with one attached hydrogen (secondary N) is 1. The van der Waals surface area contributed by atoms with Crippen LogP contribution in [0.25, 0.3) is 5.69 Å². The highest BCUT2D eigenvalue weighted by Crippen LogP contribution is 2.29. The van der Waals surface area contributed by atoms with E-state index in [1.54, 1.807) is 42.5 Å². The molecule has 8 nitrogen and oxygen atoms in total. The third-order valence-electron chi connectivity index (χ3n) is 3.93. The quantitative estimate of drug-likeness (QED) is 0.639. The second-order valence-electron chi connectivity index (χ2n) is 5.61. The van der Waals surface area contributed by atoms with Crippen LogP contribution in [0, 0.1) is 0 Å². The summed E-state index contributed by atoms with van der Waals surface area (Å²) < 4.78 is 11.2. The van der Waals surface area contributed by atoms with Crippen molar-refractivity contribution in [2.75, 3.05) is 14.2 Å². The van der Waals surface area contributed by atoms with E-state index in [1.165, 1.54) is 14.2 Å². The number of aromatic hydroxyl groups is 1. The Morgan fingerprint density at radius 3 is 2.46 bits per heavy atom. The number of H-pyrrole nitrogens is 1. The van der Waals surface area contributed by atoms with Gasteiger partial charge >= 0.3 is 5.69 Å². The first-order chi connectivity index (χ1) is 13.4. The van der Waals surface area contributed by atoms with Crippen LogP contribution in [0.4, 0.5) is 5.69 Å². The molecule has 0 fully saturated rings. The Morgan fingerprint density at radius 2 is 1.82 bits per heavy atom. The van der Waals surface area contributed by atoms with Crippen molar-refractivity contribution >= 4 is 23.5 Å². The van der Waals surface area contributed by atoms with Gasteiger partial charge in [-0.05, 0) is 36.4 Å². The SMILES string of the molecule is COc1ccc(-n2c(O)c(C=Nc3ccc(Cl)c(OC)c3)c(=O)[nH]c2=O)cc1. The highest BCUT2D eigenvalue weighted by Gasteiger charge is 2.14. The van der Waals surface area contributed by atoms with Gasteiger partial charge in [0.2, 0.25) is 5.88 Å². The monoisotopic (exact) mass is 401 g/mol. The van der Waals surface area contributed by atoms with Crippen LogP contribution in [0.1, 0.15) is 5.56 Å². The minimum absolute atomic E-state index is 0.177. The van der Waals surface area contributed by atoms with Crippen molar-refractivity contribution in [1.82, 2.24) is 9.55 Å². The van der Waals surface area contributed by atoms with Crippen molar-refractivity contribution in [1.29, 1.82) is 0 Å². The maximum Gasteiger partial charge on any atom is 0.335 e. The molecule has 0 bridgehead atoms. The van der Waals surface area contributed by atoms with Gasteiger partial charge in [0, 0.05) is 12.3 Å². The zero-order chi connectivity index (χ0) is 20.3. The third kappa shape index (κ3) is 3.77. The lowest BCUT2D eigenvalue weighted by molar-refractivity contribution is 0.414. The maximum atomic E-state index is 12.2. The molecule has 28 heavy (non-hydrogen) atoms. The summed E-state index contributed by atoms with van der Waals surface area (Å²) in [6, 6.07) is 11.2. The number of benzene rings is 2. The van der Waals surface area contributed by atoms with Gasteiger partial charge in [-0.15, -0.1) is 0 Å². The molecular formula is C19H16ClN3O5. The maximum absolute atomic E-state index is 12.2. The molecule has 0 saturated carbocycles. The second-order valence-corrected chi connectivity index (χ2v) is 6.01. The van der Waals surface area contributed by atoms with E-state index in [0.29, 0.717) is 27.9 Å². The van der Waals surface area contributed by atoms with E-state index >= 15 is 0 Å². The fraction of sp³-hybridized carbons (Fsp3) is 0.105. The summed E-state index contributed by atoms with van der Waals surface area (Å²) in [5.74, 6) is 0.459. The number of methoxy groups -OCH3 is 2. The lowest BCUT2D eigenvalue weighted by Gasteiger charge is -2.10. The van der Waals surface area contributed by atoms with E-state index < -0.39 is 17.1 Å². The van der Waals surface area contributed by atoms with E-state index in [9.17, 15) is 14.7 Å². The fourth-order valence-electron chi connectivity index (χ4n) is 2.49. The molecule has 0 amide bonds. The molecule has 3 rings (SSSR count). The minimum atomic E-state index is -0.780. The van der Waals surface area contributed by atoms with Gasteiger partial charge in [-0.3, -0.25) is 14.8 Å². The molecular weight excluding hydrogens is 386 g/mol. The van der Waals surface area contributed by atoms with Crippen molar-refractivity contribution in [3.63, 3.8) is 0 Å². The third-order valence-corrected chi connectivity index (χ3v) is 4.24. The Balaban J connectivity index is 2.06. The minimum Gasteiger partial charge on any atom is -0.497 e. The summed E-state index contributed by atoms with van der Waals surface area (Å²) in [6.45, 7) is 0. The Kier molecular flexibility index (Phi) is 5.51. The van der Waals surface area contributed by atoms with E-state index in [-0.39, 0.29) is 5.56 Å². The Bertz CT molecular complexity index is 1150. The molecule has 144 valence electrons. The molecule has 0 unspecified atom stereocenters.